The molecular weight excluding hydrogens is 178 g/mol. The highest BCUT2D eigenvalue weighted by Crippen LogP contribution is 2.16. The Balaban J connectivity index is 2.64. The smallest absolute Gasteiger partial charge is 0.0411 e. The number of hydrogen-bond donors (Lipinski definition) is 1. The van der Waals surface area contributed by atoms with Gasteiger partial charge in [-0.1, -0.05) is 37.3 Å². The Bertz CT molecular complexity index is 217. The predicted molar refractivity (Wildman–Crippen MR) is 61.2 cm³/mol. The van der Waals surface area contributed by atoms with E-state index in [-0.39, 0.29) is 0 Å². The van der Waals surface area contributed by atoms with Crippen LogP contribution in [0.2, 0.25) is 0 Å². The topological polar surface area (TPSA) is 12.0 Å². The average molecular weight is 195 g/mol. The van der Waals surface area contributed by atoms with E-state index < -0.39 is 0 Å². The number of benzene rings is 1. The molecule has 0 aliphatic rings. The second-order valence-corrected chi connectivity index (χ2v) is 3.89. The summed E-state index contributed by atoms with van der Waals surface area (Å²) in [5, 5.41) is 3.48. The molecule has 0 amide bonds. The molecule has 0 aliphatic carbocycles. The summed E-state index contributed by atoms with van der Waals surface area (Å²) in [7, 11) is 0. The molecule has 1 nitrogen and oxygen atoms in total. The molecule has 0 saturated carbocycles. The zero-order valence-electron chi connectivity index (χ0n) is 8.29. The van der Waals surface area contributed by atoms with Gasteiger partial charge in [-0.05, 0) is 18.4 Å². The van der Waals surface area contributed by atoms with Gasteiger partial charge in [-0.25, -0.2) is 0 Å². The molecule has 0 aromatic heterocycles. The number of nitrogens with one attached hydrogen (secondary N) is 1. The third-order valence-corrected chi connectivity index (χ3v) is 2.65. The molecule has 72 valence electrons. The van der Waals surface area contributed by atoms with Crippen molar-refractivity contribution in [3.63, 3.8) is 0 Å². The lowest BCUT2D eigenvalue weighted by Crippen LogP contribution is -2.22. The van der Waals surface area contributed by atoms with E-state index in [4.69, 9.17) is 0 Å². The first-order valence-electron chi connectivity index (χ1n) is 4.65. The fourth-order valence-electron chi connectivity index (χ4n) is 1.37. The Morgan fingerprint density at radius 1 is 1.31 bits per heavy atom. The second kappa shape index (κ2) is 6.06. The average Bonchev–Trinajstić information content (AvgIpc) is 2.19. The van der Waals surface area contributed by atoms with Crippen molar-refractivity contribution in [1.82, 2.24) is 5.32 Å². The molecule has 2 heteroatoms. The normalized spacial score (nSPS) is 12.8. The fourth-order valence-corrected chi connectivity index (χ4v) is 2.02. The van der Waals surface area contributed by atoms with Crippen molar-refractivity contribution in [1.29, 1.82) is 0 Å². The highest BCUT2D eigenvalue weighted by atomic mass is 32.2. The quantitative estimate of drug-likeness (QED) is 0.775. The van der Waals surface area contributed by atoms with Crippen LogP contribution in [0.5, 0.6) is 0 Å². The van der Waals surface area contributed by atoms with Crippen LogP contribution >= 0.6 is 11.8 Å². The van der Waals surface area contributed by atoms with Crippen LogP contribution in [0.4, 0.5) is 0 Å². The van der Waals surface area contributed by atoms with Crippen LogP contribution in [0.3, 0.4) is 0 Å². The van der Waals surface area contributed by atoms with Crippen molar-refractivity contribution in [2.24, 2.45) is 0 Å². The van der Waals surface area contributed by atoms with E-state index in [2.05, 4.69) is 48.8 Å². The number of rotatable bonds is 5. The van der Waals surface area contributed by atoms with Crippen LogP contribution in [0, 0.1) is 0 Å². The minimum Gasteiger partial charge on any atom is -0.310 e. The van der Waals surface area contributed by atoms with E-state index >= 15 is 0 Å². The minimum absolute atomic E-state index is 0.501. The molecule has 1 N–H and O–H groups in total. The van der Waals surface area contributed by atoms with Gasteiger partial charge in [0.2, 0.25) is 0 Å². The fraction of sp³-hybridized carbons (Fsp3) is 0.455. The zero-order chi connectivity index (χ0) is 9.52. The van der Waals surface area contributed by atoms with Gasteiger partial charge in [0.25, 0.3) is 0 Å². The first-order chi connectivity index (χ1) is 6.38. The molecule has 0 heterocycles. The summed E-state index contributed by atoms with van der Waals surface area (Å²) < 4.78 is 0. The van der Waals surface area contributed by atoms with Crippen molar-refractivity contribution >= 4 is 11.8 Å². The van der Waals surface area contributed by atoms with Gasteiger partial charge in [-0.3, -0.25) is 0 Å². The molecule has 1 aromatic carbocycles. The van der Waals surface area contributed by atoms with Crippen LogP contribution < -0.4 is 5.32 Å². The van der Waals surface area contributed by atoms with Gasteiger partial charge in [-0.15, -0.1) is 0 Å². The van der Waals surface area contributed by atoms with Gasteiger partial charge in [0.05, 0.1) is 0 Å². The molecule has 1 aromatic rings. The first-order valence-corrected chi connectivity index (χ1v) is 6.05. The van der Waals surface area contributed by atoms with Gasteiger partial charge in [-0.2, -0.15) is 11.8 Å². The van der Waals surface area contributed by atoms with Crippen molar-refractivity contribution in [2.45, 2.75) is 13.0 Å². The molecule has 1 rings (SSSR count). The van der Waals surface area contributed by atoms with Crippen LogP contribution in [0.15, 0.2) is 30.3 Å². The van der Waals surface area contributed by atoms with Gasteiger partial charge < -0.3 is 5.32 Å². The predicted octanol–water partition coefficient (Wildman–Crippen LogP) is 2.70. The lowest BCUT2D eigenvalue weighted by Gasteiger charge is -2.16. The van der Waals surface area contributed by atoms with Crippen LogP contribution in [0.1, 0.15) is 18.5 Å². The lowest BCUT2D eigenvalue weighted by atomic mass is 10.1. The highest BCUT2D eigenvalue weighted by Gasteiger charge is 2.07. The van der Waals surface area contributed by atoms with Crippen LogP contribution in [0.25, 0.3) is 0 Å². The van der Waals surface area contributed by atoms with Gasteiger partial charge in [0.15, 0.2) is 0 Å². The zero-order valence-corrected chi connectivity index (χ0v) is 9.10. The van der Waals surface area contributed by atoms with Crippen molar-refractivity contribution in [3.05, 3.63) is 35.9 Å². The lowest BCUT2D eigenvalue weighted by molar-refractivity contribution is 0.606. The number of thioether (sulfide) groups is 1. The Kier molecular flexibility index (Phi) is 4.94. The van der Waals surface area contributed by atoms with E-state index in [1.54, 1.807) is 0 Å². The summed E-state index contributed by atoms with van der Waals surface area (Å²) in [5.41, 5.74) is 1.39. The molecule has 0 spiro atoms. The molecule has 0 radical (unpaired) electrons. The monoisotopic (exact) mass is 195 g/mol. The van der Waals surface area contributed by atoms with Crippen molar-refractivity contribution < 1.29 is 0 Å². The Hall–Kier alpha value is -0.470. The summed E-state index contributed by atoms with van der Waals surface area (Å²) in [6.45, 7) is 3.18. The largest absolute Gasteiger partial charge is 0.310 e. The Labute approximate surface area is 84.9 Å². The van der Waals surface area contributed by atoms with E-state index in [9.17, 15) is 0 Å². The van der Waals surface area contributed by atoms with Gasteiger partial charge >= 0.3 is 0 Å². The summed E-state index contributed by atoms with van der Waals surface area (Å²) in [6, 6.07) is 11.1. The van der Waals surface area contributed by atoms with E-state index in [1.165, 1.54) is 5.56 Å². The molecule has 0 fully saturated rings. The summed E-state index contributed by atoms with van der Waals surface area (Å²) in [5.74, 6) is 1.14. The third-order valence-electron chi connectivity index (χ3n) is 1.99. The third kappa shape index (κ3) is 3.41. The van der Waals surface area contributed by atoms with Gasteiger partial charge in [0, 0.05) is 11.8 Å². The van der Waals surface area contributed by atoms with Gasteiger partial charge in [0.1, 0.15) is 0 Å². The molecule has 0 aliphatic heterocycles. The van der Waals surface area contributed by atoms with E-state index in [1.807, 2.05) is 11.8 Å². The van der Waals surface area contributed by atoms with E-state index in [0.29, 0.717) is 6.04 Å². The Morgan fingerprint density at radius 2 is 2.00 bits per heavy atom. The van der Waals surface area contributed by atoms with E-state index in [0.717, 1.165) is 12.3 Å². The molecule has 0 saturated heterocycles. The summed E-state index contributed by atoms with van der Waals surface area (Å²) in [6.07, 6.45) is 2.15. The highest BCUT2D eigenvalue weighted by molar-refractivity contribution is 7.98. The SMILES string of the molecule is CCNC(CSC)c1ccccc1. The minimum atomic E-state index is 0.501. The maximum Gasteiger partial charge on any atom is 0.0411 e. The Morgan fingerprint density at radius 3 is 2.54 bits per heavy atom. The number of hydrogen-bond acceptors (Lipinski definition) is 2. The summed E-state index contributed by atoms with van der Waals surface area (Å²) in [4.78, 5) is 0. The first kappa shape index (κ1) is 10.6. The van der Waals surface area contributed by atoms with Crippen molar-refractivity contribution in [3.8, 4) is 0 Å². The standard InChI is InChI=1S/C11H17NS/c1-3-12-11(9-13-2)10-7-5-4-6-8-10/h4-8,11-12H,3,9H2,1-2H3. The maximum atomic E-state index is 3.48. The van der Waals surface area contributed by atoms with Crippen molar-refractivity contribution in [2.75, 3.05) is 18.6 Å². The molecule has 0 bridgehead atoms. The van der Waals surface area contributed by atoms with Crippen LogP contribution in [-0.2, 0) is 0 Å². The van der Waals surface area contributed by atoms with Crippen LogP contribution in [-0.4, -0.2) is 18.6 Å². The maximum absolute atomic E-state index is 3.48. The molecule has 1 unspecified atom stereocenters. The second-order valence-electron chi connectivity index (χ2n) is 2.98. The summed E-state index contributed by atoms with van der Waals surface area (Å²) >= 11 is 1.88. The molecule has 1 atom stereocenters. The molecule has 13 heavy (non-hydrogen) atoms. The molecular formula is C11H17NS.